The van der Waals surface area contributed by atoms with E-state index in [4.69, 9.17) is 15.0 Å². The van der Waals surface area contributed by atoms with E-state index < -0.39 is 0 Å². The van der Waals surface area contributed by atoms with Gasteiger partial charge in [0.25, 0.3) is 0 Å². The van der Waals surface area contributed by atoms with E-state index in [1.807, 2.05) is 12.1 Å². The summed E-state index contributed by atoms with van der Waals surface area (Å²) in [6.07, 6.45) is 0. The third-order valence-electron chi connectivity index (χ3n) is 13.8. The molecule has 0 aliphatic carbocycles. The molecule has 5 heteroatoms. The van der Waals surface area contributed by atoms with Crippen LogP contribution in [0.1, 0.15) is 0 Å². The number of benzene rings is 11. The van der Waals surface area contributed by atoms with Gasteiger partial charge >= 0.3 is 0 Å². The highest BCUT2D eigenvalue weighted by Crippen LogP contribution is 2.43. The fourth-order valence-electron chi connectivity index (χ4n) is 10.6. The van der Waals surface area contributed by atoms with Crippen molar-refractivity contribution in [1.29, 1.82) is 0 Å². The van der Waals surface area contributed by atoms with Crippen LogP contribution in [0.4, 0.5) is 0 Å². The molecule has 3 heterocycles. The number of nitrogens with zero attached hydrogens (tertiary/aromatic N) is 5. The van der Waals surface area contributed by atoms with E-state index in [9.17, 15) is 0 Å². The summed E-state index contributed by atoms with van der Waals surface area (Å²) in [5, 5.41) is 12.2. The minimum atomic E-state index is 0.557. The molecule has 316 valence electrons. The van der Waals surface area contributed by atoms with E-state index >= 15 is 0 Å². The van der Waals surface area contributed by atoms with Crippen molar-refractivity contribution >= 4 is 75.9 Å². The minimum Gasteiger partial charge on any atom is -0.309 e. The molecule has 0 amide bonds. The first kappa shape index (κ1) is 38.1. The highest BCUT2D eigenvalue weighted by Gasteiger charge is 2.23. The molecule has 3 aromatic heterocycles. The number of para-hydroxylation sites is 2. The molecule has 14 rings (SSSR count). The first-order chi connectivity index (χ1) is 33.7. The molecule has 0 unspecified atom stereocenters. The fourth-order valence-corrected chi connectivity index (χ4v) is 10.6. The van der Waals surface area contributed by atoms with Gasteiger partial charge in [0.1, 0.15) is 0 Å². The summed E-state index contributed by atoms with van der Waals surface area (Å²) >= 11 is 0. The lowest BCUT2D eigenvalue weighted by Gasteiger charge is -2.14. The second-order valence-electron chi connectivity index (χ2n) is 17.6. The van der Waals surface area contributed by atoms with E-state index in [0.717, 1.165) is 71.9 Å². The summed E-state index contributed by atoms with van der Waals surface area (Å²) < 4.78 is 4.71. The lowest BCUT2D eigenvalue weighted by atomic mass is 9.94. The topological polar surface area (TPSA) is 48.5 Å². The van der Waals surface area contributed by atoms with Crippen LogP contribution in [0, 0.1) is 0 Å². The Bertz CT molecular complexity index is 4150. The molecule has 0 saturated heterocycles. The Kier molecular flexibility index (Phi) is 8.52. The zero-order chi connectivity index (χ0) is 44.7. The predicted octanol–water partition coefficient (Wildman–Crippen LogP) is 16.2. The maximum absolute atomic E-state index is 5.36. The molecule has 0 spiro atoms. The Labute approximate surface area is 391 Å². The van der Waals surface area contributed by atoms with Crippen LogP contribution in [0.3, 0.4) is 0 Å². The van der Waals surface area contributed by atoms with Crippen LogP contribution in [-0.4, -0.2) is 24.1 Å². The Balaban J connectivity index is 1.02. The van der Waals surface area contributed by atoms with Gasteiger partial charge in [0, 0.05) is 38.4 Å². The summed E-state index contributed by atoms with van der Waals surface area (Å²) in [5.74, 6) is 1.77. The van der Waals surface area contributed by atoms with Crippen LogP contribution >= 0.6 is 0 Å². The van der Waals surface area contributed by atoms with Gasteiger partial charge in [-0.3, -0.25) is 4.57 Å². The summed E-state index contributed by atoms with van der Waals surface area (Å²) in [6.45, 7) is 0. The molecule has 0 bridgehead atoms. The fraction of sp³-hybridized carbons (Fsp3) is 0. The van der Waals surface area contributed by atoms with Crippen molar-refractivity contribution in [3.8, 4) is 56.7 Å². The molecule has 0 fully saturated rings. The standard InChI is InChI=1S/C63H39N5/c1-3-15-40(16-4-1)42-27-31-44(32-28-42)61-64-62(45-33-29-43(30-34-45)41-17-5-2-6-18-41)66-63(65-61)68-57-26-14-12-24-54(57)59-58(68)38-37-53-52-23-11-13-25-56(52)67(60(53)59)46-35-36-51-49-21-8-7-19-47(49)48-20-9-10-22-50(48)55(51)39-46/h1-39H. The highest BCUT2D eigenvalue weighted by atomic mass is 15.2. The lowest BCUT2D eigenvalue weighted by Crippen LogP contribution is -2.06. The second kappa shape index (κ2) is 15.2. The van der Waals surface area contributed by atoms with Crippen LogP contribution in [0.15, 0.2) is 237 Å². The van der Waals surface area contributed by atoms with Crippen molar-refractivity contribution in [3.05, 3.63) is 237 Å². The van der Waals surface area contributed by atoms with Crippen LogP contribution in [0.25, 0.3) is 133 Å². The number of fused-ring (bicyclic) bond motifs is 13. The van der Waals surface area contributed by atoms with Crippen molar-refractivity contribution in [2.45, 2.75) is 0 Å². The van der Waals surface area contributed by atoms with E-state index in [-0.39, 0.29) is 0 Å². The largest absolute Gasteiger partial charge is 0.309 e. The van der Waals surface area contributed by atoms with Gasteiger partial charge in [0.15, 0.2) is 11.6 Å². The van der Waals surface area contributed by atoms with Crippen LogP contribution in [0.5, 0.6) is 0 Å². The first-order valence-electron chi connectivity index (χ1n) is 23.1. The Morgan fingerprint density at radius 1 is 0.250 bits per heavy atom. The summed E-state index contributed by atoms with van der Waals surface area (Å²) in [5.41, 5.74) is 11.9. The Hall–Kier alpha value is -9.19. The summed E-state index contributed by atoms with van der Waals surface area (Å²) in [7, 11) is 0. The molecule has 0 atom stereocenters. The van der Waals surface area contributed by atoms with E-state index in [1.165, 1.54) is 43.1 Å². The molecule has 14 aromatic rings. The van der Waals surface area contributed by atoms with Gasteiger partial charge in [-0.25, -0.2) is 4.98 Å². The average Bonchev–Trinajstić information content (AvgIpc) is 3.94. The van der Waals surface area contributed by atoms with Gasteiger partial charge in [-0.05, 0) is 84.9 Å². The van der Waals surface area contributed by atoms with Crippen molar-refractivity contribution in [2.75, 3.05) is 0 Å². The zero-order valence-electron chi connectivity index (χ0n) is 36.8. The van der Waals surface area contributed by atoms with Crippen molar-refractivity contribution in [3.63, 3.8) is 0 Å². The van der Waals surface area contributed by atoms with Gasteiger partial charge in [0.05, 0.1) is 22.1 Å². The van der Waals surface area contributed by atoms with Crippen LogP contribution in [-0.2, 0) is 0 Å². The normalized spacial score (nSPS) is 11.8. The van der Waals surface area contributed by atoms with Crippen molar-refractivity contribution in [1.82, 2.24) is 24.1 Å². The monoisotopic (exact) mass is 865 g/mol. The molecule has 11 aromatic carbocycles. The molecular formula is C63H39N5. The van der Waals surface area contributed by atoms with Crippen LogP contribution in [0.2, 0.25) is 0 Å². The molecule has 0 saturated carbocycles. The number of rotatable bonds is 6. The maximum atomic E-state index is 5.36. The van der Waals surface area contributed by atoms with Gasteiger partial charge < -0.3 is 4.57 Å². The Morgan fingerprint density at radius 2 is 0.662 bits per heavy atom. The Morgan fingerprint density at radius 3 is 1.22 bits per heavy atom. The minimum absolute atomic E-state index is 0.557. The maximum Gasteiger partial charge on any atom is 0.238 e. The average molecular weight is 866 g/mol. The van der Waals surface area contributed by atoms with Gasteiger partial charge in [-0.15, -0.1) is 0 Å². The number of aromatic nitrogens is 5. The molecule has 0 radical (unpaired) electrons. The van der Waals surface area contributed by atoms with Gasteiger partial charge in [-0.1, -0.05) is 206 Å². The first-order valence-corrected chi connectivity index (χ1v) is 23.1. The molecule has 68 heavy (non-hydrogen) atoms. The van der Waals surface area contributed by atoms with E-state index in [1.54, 1.807) is 0 Å². The molecule has 5 nitrogen and oxygen atoms in total. The van der Waals surface area contributed by atoms with E-state index in [0.29, 0.717) is 17.6 Å². The van der Waals surface area contributed by atoms with E-state index in [2.05, 4.69) is 234 Å². The number of hydrogen-bond acceptors (Lipinski definition) is 3. The number of hydrogen-bond donors (Lipinski definition) is 0. The summed E-state index contributed by atoms with van der Waals surface area (Å²) in [6, 6.07) is 84.6. The van der Waals surface area contributed by atoms with Gasteiger partial charge in [0.2, 0.25) is 5.95 Å². The van der Waals surface area contributed by atoms with Crippen LogP contribution < -0.4 is 0 Å². The SMILES string of the molecule is c1ccc(-c2ccc(-c3nc(-c4ccc(-c5ccccc5)cc4)nc(-n4c5ccccc5c5c4ccc4c6ccccc6n(-c6ccc7c8ccccc8c8ccccc8c7c6)c45)n3)cc2)cc1. The zero-order valence-corrected chi connectivity index (χ0v) is 36.8. The molecule has 0 aliphatic heterocycles. The third kappa shape index (κ3) is 5.93. The molecule has 0 aliphatic rings. The third-order valence-corrected chi connectivity index (χ3v) is 13.8. The predicted molar refractivity (Wildman–Crippen MR) is 283 cm³/mol. The summed E-state index contributed by atoms with van der Waals surface area (Å²) in [4.78, 5) is 15.9. The lowest BCUT2D eigenvalue weighted by molar-refractivity contribution is 0.953. The smallest absolute Gasteiger partial charge is 0.238 e. The second-order valence-corrected chi connectivity index (χ2v) is 17.6. The molecular weight excluding hydrogens is 827 g/mol. The quantitative estimate of drug-likeness (QED) is 0.156. The molecule has 0 N–H and O–H groups in total. The van der Waals surface area contributed by atoms with Gasteiger partial charge in [-0.2, -0.15) is 9.97 Å². The van der Waals surface area contributed by atoms with Crippen molar-refractivity contribution < 1.29 is 0 Å². The highest BCUT2D eigenvalue weighted by molar-refractivity contribution is 6.28. The van der Waals surface area contributed by atoms with Crippen molar-refractivity contribution in [2.24, 2.45) is 0 Å².